The van der Waals surface area contributed by atoms with E-state index in [0.29, 0.717) is 22.0 Å². The van der Waals surface area contributed by atoms with E-state index in [1.165, 1.54) is 36.4 Å². The van der Waals surface area contributed by atoms with Crippen molar-refractivity contribution < 1.29 is 31.2 Å². The van der Waals surface area contributed by atoms with Gasteiger partial charge in [-0.05, 0) is 55.8 Å². The third-order valence-corrected chi connectivity index (χ3v) is 9.08. The smallest absolute Gasteiger partial charge is 0.355 e. The lowest BCUT2D eigenvalue weighted by atomic mass is 10.1. The van der Waals surface area contributed by atoms with E-state index < -0.39 is 51.9 Å². The fraction of sp³-hybridized carbons (Fsp3) is 0.286. The van der Waals surface area contributed by atoms with E-state index in [4.69, 9.17) is 34.8 Å². The summed E-state index contributed by atoms with van der Waals surface area (Å²) in [5.41, 5.74) is -1.44. The molecular formula is C28H27Cl3F3N3O4S. The number of halogens is 6. The van der Waals surface area contributed by atoms with Crippen LogP contribution >= 0.6 is 34.8 Å². The van der Waals surface area contributed by atoms with Gasteiger partial charge in [0.1, 0.15) is 12.6 Å². The molecule has 3 rings (SSSR count). The number of carbonyl (C=O) groups excluding carboxylic acids is 2. The summed E-state index contributed by atoms with van der Waals surface area (Å²) in [7, 11) is -4.64. The Labute approximate surface area is 257 Å². The first-order chi connectivity index (χ1) is 19.7. The molecule has 0 aliphatic carbocycles. The quantitative estimate of drug-likeness (QED) is 0.244. The molecule has 1 N–H and O–H groups in total. The third kappa shape index (κ3) is 7.69. The number of nitrogens with zero attached hydrogens (tertiary/aromatic N) is 2. The highest BCUT2D eigenvalue weighted by Crippen LogP contribution is 2.37. The van der Waals surface area contributed by atoms with Crippen LogP contribution in [-0.2, 0) is 32.3 Å². The van der Waals surface area contributed by atoms with Gasteiger partial charge in [0, 0.05) is 28.7 Å². The van der Waals surface area contributed by atoms with Crippen molar-refractivity contribution in [3.05, 3.63) is 92.9 Å². The summed E-state index contributed by atoms with van der Waals surface area (Å²) in [6, 6.07) is 12.6. The van der Waals surface area contributed by atoms with Crippen molar-refractivity contribution in [2.24, 2.45) is 0 Å². The Bertz CT molecular complexity index is 1520. The highest BCUT2D eigenvalue weighted by Gasteiger charge is 2.37. The van der Waals surface area contributed by atoms with Gasteiger partial charge in [-0.1, -0.05) is 66.0 Å². The minimum atomic E-state index is -4.83. The first-order valence-electron chi connectivity index (χ1n) is 12.7. The van der Waals surface area contributed by atoms with Gasteiger partial charge in [0.05, 0.1) is 21.2 Å². The maximum Gasteiger partial charge on any atom is 0.416 e. The van der Waals surface area contributed by atoms with E-state index in [2.05, 4.69) is 5.32 Å². The Balaban J connectivity index is 2.19. The monoisotopic (exact) mass is 663 g/mol. The van der Waals surface area contributed by atoms with Crippen LogP contribution in [0.5, 0.6) is 0 Å². The molecule has 1 unspecified atom stereocenters. The molecule has 3 aromatic carbocycles. The number of sulfonamides is 1. The lowest BCUT2D eigenvalue weighted by Gasteiger charge is -2.33. The molecule has 7 nitrogen and oxygen atoms in total. The molecule has 0 heterocycles. The SMILES string of the molecule is CCNC(=O)C(CC)N(Cc1c(Cl)cccc1Cl)C(=O)CN(c1cc(C(F)(F)F)ccc1Cl)S(=O)(=O)c1ccccc1. The Morgan fingerprint density at radius 1 is 0.905 bits per heavy atom. The molecule has 0 aliphatic rings. The number of rotatable bonds is 11. The lowest BCUT2D eigenvalue weighted by Crippen LogP contribution is -2.52. The summed E-state index contributed by atoms with van der Waals surface area (Å²) in [5.74, 6) is -1.43. The second kappa shape index (κ2) is 14.0. The number of carbonyl (C=O) groups is 2. The van der Waals surface area contributed by atoms with E-state index in [1.54, 1.807) is 26.0 Å². The van der Waals surface area contributed by atoms with Gasteiger partial charge in [-0.2, -0.15) is 13.2 Å². The zero-order valence-corrected chi connectivity index (χ0v) is 25.5. The van der Waals surface area contributed by atoms with Crippen molar-refractivity contribution in [1.82, 2.24) is 10.2 Å². The van der Waals surface area contributed by atoms with Crippen molar-refractivity contribution in [2.45, 2.75) is 43.9 Å². The predicted molar refractivity (Wildman–Crippen MR) is 157 cm³/mol. The molecule has 226 valence electrons. The van der Waals surface area contributed by atoms with Crippen molar-refractivity contribution in [3.63, 3.8) is 0 Å². The molecule has 14 heteroatoms. The maximum atomic E-state index is 14.0. The number of benzene rings is 3. The van der Waals surface area contributed by atoms with Gasteiger partial charge in [-0.3, -0.25) is 13.9 Å². The van der Waals surface area contributed by atoms with Crippen LogP contribution in [0.3, 0.4) is 0 Å². The first-order valence-corrected chi connectivity index (χ1v) is 15.2. The van der Waals surface area contributed by atoms with Crippen LogP contribution in [0.25, 0.3) is 0 Å². The average molecular weight is 665 g/mol. The van der Waals surface area contributed by atoms with E-state index in [9.17, 15) is 31.2 Å². The largest absolute Gasteiger partial charge is 0.416 e. The van der Waals surface area contributed by atoms with E-state index >= 15 is 0 Å². The Morgan fingerprint density at radius 3 is 2.07 bits per heavy atom. The highest BCUT2D eigenvalue weighted by atomic mass is 35.5. The lowest BCUT2D eigenvalue weighted by molar-refractivity contribution is -0.140. The molecule has 0 bridgehead atoms. The molecule has 0 aromatic heterocycles. The molecule has 0 spiro atoms. The van der Waals surface area contributed by atoms with Gasteiger partial charge in [0.25, 0.3) is 10.0 Å². The summed E-state index contributed by atoms with van der Waals surface area (Å²) in [6.07, 6.45) is -4.71. The van der Waals surface area contributed by atoms with Gasteiger partial charge < -0.3 is 10.2 Å². The van der Waals surface area contributed by atoms with Crippen LogP contribution in [0, 0.1) is 0 Å². The van der Waals surface area contributed by atoms with Crippen molar-refractivity contribution in [1.29, 1.82) is 0 Å². The Kier molecular flexibility index (Phi) is 11.2. The number of nitrogens with one attached hydrogen (secondary N) is 1. The zero-order chi connectivity index (χ0) is 31.2. The van der Waals surface area contributed by atoms with Crippen LogP contribution in [-0.4, -0.2) is 44.3 Å². The van der Waals surface area contributed by atoms with Crippen LogP contribution in [0.15, 0.2) is 71.6 Å². The molecule has 0 saturated carbocycles. The fourth-order valence-electron chi connectivity index (χ4n) is 4.18. The molecule has 3 aromatic rings. The Morgan fingerprint density at radius 2 is 1.52 bits per heavy atom. The Hall–Kier alpha value is -2.99. The molecule has 0 aliphatic heterocycles. The number of likely N-dealkylation sites (N-methyl/N-ethyl adjacent to an activating group) is 1. The summed E-state index contributed by atoms with van der Waals surface area (Å²) in [5, 5.41) is 2.69. The second-order valence-corrected chi connectivity index (χ2v) is 12.1. The van der Waals surface area contributed by atoms with Gasteiger partial charge in [0.2, 0.25) is 11.8 Å². The molecular weight excluding hydrogens is 638 g/mol. The van der Waals surface area contributed by atoms with Gasteiger partial charge in [-0.15, -0.1) is 0 Å². The average Bonchev–Trinajstić information content (AvgIpc) is 2.93. The topological polar surface area (TPSA) is 86.8 Å². The van der Waals surface area contributed by atoms with Crippen molar-refractivity contribution in [3.8, 4) is 0 Å². The predicted octanol–water partition coefficient (Wildman–Crippen LogP) is 6.80. The third-order valence-electron chi connectivity index (χ3n) is 6.28. The first kappa shape index (κ1) is 33.5. The van der Waals surface area contributed by atoms with Gasteiger partial charge in [-0.25, -0.2) is 8.42 Å². The zero-order valence-electron chi connectivity index (χ0n) is 22.5. The normalized spacial score (nSPS) is 12.5. The molecule has 2 amide bonds. The standard InChI is InChI=1S/C28H27Cl3F3N3O4S/c1-3-24(27(39)35-4-2)36(16-20-21(29)11-8-12-22(20)30)26(38)17-37(42(40,41)19-9-6-5-7-10-19)25-15-18(28(32,33)34)13-14-23(25)31/h5-15,24H,3-4,16-17H2,1-2H3,(H,35,39). The van der Waals surface area contributed by atoms with Crippen LogP contribution in [0.1, 0.15) is 31.4 Å². The van der Waals surface area contributed by atoms with Crippen LogP contribution in [0.2, 0.25) is 15.1 Å². The molecule has 0 radical (unpaired) electrons. The van der Waals surface area contributed by atoms with Crippen molar-refractivity contribution >= 4 is 62.3 Å². The number of alkyl halides is 3. The number of amides is 2. The molecule has 1 atom stereocenters. The summed E-state index contributed by atoms with van der Waals surface area (Å²) < 4.78 is 69.1. The number of anilines is 1. The molecule has 0 saturated heterocycles. The van der Waals surface area contributed by atoms with Crippen LogP contribution in [0.4, 0.5) is 18.9 Å². The fourth-order valence-corrected chi connectivity index (χ4v) is 6.41. The second-order valence-electron chi connectivity index (χ2n) is 9.03. The highest BCUT2D eigenvalue weighted by molar-refractivity contribution is 7.92. The van der Waals surface area contributed by atoms with Crippen LogP contribution < -0.4 is 9.62 Å². The maximum absolute atomic E-state index is 14.0. The number of hydrogen-bond donors (Lipinski definition) is 1. The van der Waals surface area contributed by atoms with E-state index in [-0.39, 0.29) is 39.5 Å². The molecule has 42 heavy (non-hydrogen) atoms. The summed E-state index contributed by atoms with van der Waals surface area (Å²) in [6.45, 7) is 2.30. The van der Waals surface area contributed by atoms with Gasteiger partial charge >= 0.3 is 6.18 Å². The van der Waals surface area contributed by atoms with E-state index in [0.717, 1.165) is 11.0 Å². The minimum Gasteiger partial charge on any atom is -0.355 e. The van der Waals surface area contributed by atoms with Crippen molar-refractivity contribution in [2.75, 3.05) is 17.4 Å². The van der Waals surface area contributed by atoms with E-state index in [1.807, 2.05) is 0 Å². The summed E-state index contributed by atoms with van der Waals surface area (Å²) in [4.78, 5) is 27.9. The number of hydrogen-bond acceptors (Lipinski definition) is 4. The minimum absolute atomic E-state index is 0.120. The van der Waals surface area contributed by atoms with Gasteiger partial charge in [0.15, 0.2) is 0 Å². The summed E-state index contributed by atoms with van der Waals surface area (Å²) >= 11 is 19.0. The molecule has 0 fully saturated rings.